The van der Waals surface area contributed by atoms with Gasteiger partial charge in [-0.05, 0) is 73.6 Å². The number of hydrogen-bond donors (Lipinski definition) is 1. The van der Waals surface area contributed by atoms with Crippen LogP contribution in [0.3, 0.4) is 0 Å². The van der Waals surface area contributed by atoms with Crippen molar-refractivity contribution in [3.8, 4) is 11.3 Å². The zero-order valence-corrected chi connectivity index (χ0v) is 19.5. The van der Waals surface area contributed by atoms with Gasteiger partial charge < -0.3 is 9.88 Å². The van der Waals surface area contributed by atoms with Crippen LogP contribution >= 0.6 is 11.3 Å². The van der Waals surface area contributed by atoms with Crippen molar-refractivity contribution in [3.63, 3.8) is 0 Å². The maximum absolute atomic E-state index is 13.4. The van der Waals surface area contributed by atoms with Crippen LogP contribution in [0.15, 0.2) is 48.3 Å². The SMILES string of the molecule is CNC(=O)c1ccc(C(C)C2CCCC3=Cc4c(-c5ccc(F)cc5)ncn4C[C@@]32C)s1. The van der Waals surface area contributed by atoms with Gasteiger partial charge in [0, 0.05) is 29.4 Å². The molecule has 0 spiro atoms. The average molecular weight is 450 g/mol. The van der Waals surface area contributed by atoms with Crippen LogP contribution in [-0.4, -0.2) is 22.5 Å². The number of carbonyl (C=O) groups excluding carboxylic acids is 1. The number of hydrogen-bond acceptors (Lipinski definition) is 3. The number of nitrogens with one attached hydrogen (secondary N) is 1. The molecule has 0 saturated heterocycles. The number of halogens is 1. The number of carbonyl (C=O) groups is 1. The van der Waals surface area contributed by atoms with Gasteiger partial charge in [-0.2, -0.15) is 0 Å². The quantitative estimate of drug-likeness (QED) is 0.522. The van der Waals surface area contributed by atoms with Gasteiger partial charge in [-0.25, -0.2) is 9.37 Å². The Morgan fingerprint density at radius 2 is 2.06 bits per heavy atom. The summed E-state index contributed by atoms with van der Waals surface area (Å²) in [6.45, 7) is 5.60. The Labute approximate surface area is 192 Å². The van der Waals surface area contributed by atoms with E-state index in [1.165, 1.54) is 35.4 Å². The van der Waals surface area contributed by atoms with Crippen molar-refractivity contribution in [3.05, 3.63) is 69.6 Å². The minimum Gasteiger partial charge on any atom is -0.354 e. The van der Waals surface area contributed by atoms with Crippen LogP contribution in [0.5, 0.6) is 0 Å². The first-order valence-corrected chi connectivity index (χ1v) is 12.1. The van der Waals surface area contributed by atoms with E-state index in [2.05, 4.69) is 35.9 Å². The third-order valence-electron chi connectivity index (χ3n) is 7.45. The minimum absolute atomic E-state index is 0.0158. The Bertz CT molecular complexity index is 1190. The summed E-state index contributed by atoms with van der Waals surface area (Å²) in [6.07, 6.45) is 7.71. The highest BCUT2D eigenvalue weighted by Gasteiger charge is 2.45. The predicted octanol–water partition coefficient (Wildman–Crippen LogP) is 6.12. The van der Waals surface area contributed by atoms with Crippen LogP contribution in [0.1, 0.15) is 59.3 Å². The molecule has 1 N–H and O–H groups in total. The molecule has 2 aliphatic rings. The van der Waals surface area contributed by atoms with E-state index in [-0.39, 0.29) is 17.1 Å². The summed E-state index contributed by atoms with van der Waals surface area (Å²) < 4.78 is 15.7. The smallest absolute Gasteiger partial charge is 0.261 e. The molecular weight excluding hydrogens is 421 g/mol. The van der Waals surface area contributed by atoms with Crippen LogP contribution in [0.2, 0.25) is 0 Å². The summed E-state index contributed by atoms with van der Waals surface area (Å²) >= 11 is 1.61. The summed E-state index contributed by atoms with van der Waals surface area (Å²) in [5.41, 5.74) is 4.52. The Morgan fingerprint density at radius 3 is 2.81 bits per heavy atom. The fourth-order valence-electron chi connectivity index (χ4n) is 5.67. The number of fused-ring (bicyclic) bond motifs is 2. The van der Waals surface area contributed by atoms with Gasteiger partial charge in [0.25, 0.3) is 5.91 Å². The normalized spacial score (nSPS) is 23.1. The highest BCUT2D eigenvalue weighted by Crippen LogP contribution is 2.55. The monoisotopic (exact) mass is 449 g/mol. The van der Waals surface area contributed by atoms with Crippen LogP contribution in [-0.2, 0) is 6.54 Å². The molecule has 0 radical (unpaired) electrons. The Kier molecular flexibility index (Phi) is 5.28. The van der Waals surface area contributed by atoms with Crippen molar-refractivity contribution in [1.82, 2.24) is 14.9 Å². The van der Waals surface area contributed by atoms with Gasteiger partial charge in [0.2, 0.25) is 0 Å². The lowest BCUT2D eigenvalue weighted by Crippen LogP contribution is -2.41. The molecule has 2 aromatic heterocycles. The molecule has 1 aliphatic heterocycles. The lowest BCUT2D eigenvalue weighted by atomic mass is 9.59. The largest absolute Gasteiger partial charge is 0.354 e. The van der Waals surface area contributed by atoms with Crippen molar-refractivity contribution in [2.75, 3.05) is 7.05 Å². The maximum atomic E-state index is 13.4. The summed E-state index contributed by atoms with van der Waals surface area (Å²) in [5.74, 6) is 0.611. The second kappa shape index (κ2) is 8.00. The second-order valence-electron chi connectivity index (χ2n) is 9.27. The molecule has 3 atom stereocenters. The predicted molar refractivity (Wildman–Crippen MR) is 127 cm³/mol. The molecule has 6 heteroatoms. The molecule has 32 heavy (non-hydrogen) atoms. The summed E-state index contributed by atoms with van der Waals surface area (Å²) in [4.78, 5) is 18.8. The van der Waals surface area contributed by atoms with E-state index >= 15 is 0 Å². The average Bonchev–Trinajstić information content (AvgIpc) is 3.44. The van der Waals surface area contributed by atoms with Gasteiger partial charge in [0.15, 0.2) is 0 Å². The standard InChI is InChI=1S/C26H28FN3OS/c1-16(22-11-12-23(32-22)25(31)28-3)20-6-4-5-18-13-21-24(17-7-9-19(27)10-8-17)29-15-30(21)14-26(18,20)2/h7-13,15-16,20H,4-6,14H2,1-3H3,(H,28,31)/t16?,20?,26-/m0/s1. The highest BCUT2D eigenvalue weighted by atomic mass is 32.1. The molecule has 3 aromatic rings. The lowest BCUT2D eigenvalue weighted by molar-refractivity contribution is 0.0967. The van der Waals surface area contributed by atoms with E-state index in [1.807, 2.05) is 12.4 Å². The third-order valence-corrected chi connectivity index (χ3v) is 8.73. The van der Waals surface area contributed by atoms with Gasteiger partial charge >= 0.3 is 0 Å². The molecular formula is C26H28FN3OS. The molecule has 5 rings (SSSR count). The van der Waals surface area contributed by atoms with Gasteiger partial charge in [-0.3, -0.25) is 4.79 Å². The topological polar surface area (TPSA) is 46.9 Å². The van der Waals surface area contributed by atoms with Crippen molar-refractivity contribution in [2.45, 2.75) is 45.6 Å². The van der Waals surface area contributed by atoms with Gasteiger partial charge in [-0.15, -0.1) is 11.3 Å². The van der Waals surface area contributed by atoms with E-state index in [1.54, 1.807) is 30.5 Å². The third kappa shape index (κ3) is 3.41. The molecule has 1 fully saturated rings. The fraction of sp³-hybridized carbons (Fsp3) is 0.385. The second-order valence-corrected chi connectivity index (χ2v) is 10.4. The Hall–Kier alpha value is -2.73. The molecule has 1 aromatic carbocycles. The molecule has 3 heterocycles. The van der Waals surface area contributed by atoms with Gasteiger partial charge in [0.05, 0.1) is 22.6 Å². The molecule has 166 valence electrons. The highest BCUT2D eigenvalue weighted by molar-refractivity contribution is 7.14. The van der Waals surface area contributed by atoms with Crippen LogP contribution < -0.4 is 5.32 Å². The summed E-state index contributed by atoms with van der Waals surface area (Å²) in [7, 11) is 1.68. The Morgan fingerprint density at radius 1 is 1.28 bits per heavy atom. The molecule has 1 aliphatic carbocycles. The van der Waals surface area contributed by atoms with Crippen LogP contribution in [0, 0.1) is 17.2 Å². The number of nitrogens with zero attached hydrogens (tertiary/aromatic N) is 2. The lowest BCUT2D eigenvalue weighted by Gasteiger charge is -2.48. The van der Waals surface area contributed by atoms with Gasteiger partial charge in [0.1, 0.15) is 5.82 Å². The maximum Gasteiger partial charge on any atom is 0.261 e. The first-order valence-electron chi connectivity index (χ1n) is 11.2. The van der Waals surface area contributed by atoms with E-state index in [0.29, 0.717) is 11.8 Å². The van der Waals surface area contributed by atoms with E-state index in [9.17, 15) is 9.18 Å². The fourth-order valence-corrected chi connectivity index (χ4v) is 6.74. The van der Waals surface area contributed by atoms with Crippen molar-refractivity contribution >= 4 is 23.3 Å². The zero-order valence-electron chi connectivity index (χ0n) is 18.7. The zero-order chi connectivity index (χ0) is 22.5. The number of amides is 1. The number of benzene rings is 1. The molecule has 2 unspecified atom stereocenters. The molecule has 1 amide bonds. The number of rotatable bonds is 4. The number of imidazole rings is 1. The van der Waals surface area contributed by atoms with E-state index in [0.717, 1.165) is 34.8 Å². The van der Waals surface area contributed by atoms with Crippen molar-refractivity contribution in [2.24, 2.45) is 11.3 Å². The Balaban J connectivity index is 1.48. The van der Waals surface area contributed by atoms with Gasteiger partial charge in [-0.1, -0.05) is 19.4 Å². The molecule has 1 saturated carbocycles. The molecule has 0 bridgehead atoms. The summed E-state index contributed by atoms with van der Waals surface area (Å²) in [5, 5.41) is 2.73. The number of allylic oxidation sites excluding steroid dienone is 1. The van der Waals surface area contributed by atoms with Crippen LogP contribution in [0.4, 0.5) is 4.39 Å². The minimum atomic E-state index is -0.231. The number of thiophene rings is 1. The summed E-state index contributed by atoms with van der Waals surface area (Å²) in [6, 6.07) is 10.7. The number of aromatic nitrogens is 2. The first-order chi connectivity index (χ1) is 15.4. The van der Waals surface area contributed by atoms with Crippen LogP contribution in [0.25, 0.3) is 17.3 Å². The van der Waals surface area contributed by atoms with E-state index in [4.69, 9.17) is 4.98 Å². The van der Waals surface area contributed by atoms with Crippen molar-refractivity contribution < 1.29 is 9.18 Å². The van der Waals surface area contributed by atoms with E-state index < -0.39 is 0 Å². The molecule has 4 nitrogen and oxygen atoms in total. The van der Waals surface area contributed by atoms with Crippen molar-refractivity contribution in [1.29, 1.82) is 0 Å². The first kappa shape index (κ1) is 21.1.